The topological polar surface area (TPSA) is 32.3 Å². The number of nitrogens with zero attached hydrogens (tertiary/aromatic N) is 3. The molecule has 0 bridgehead atoms. The average Bonchev–Trinajstić information content (AvgIpc) is 2.73. The van der Waals surface area contributed by atoms with Gasteiger partial charge in [-0.25, -0.2) is 9.56 Å². The molecule has 1 heterocycles. The molecule has 0 saturated heterocycles. The maximum absolute atomic E-state index is 6.47. The van der Waals surface area contributed by atoms with Crippen molar-refractivity contribution in [3.05, 3.63) is 41.8 Å². The summed E-state index contributed by atoms with van der Waals surface area (Å²) in [7, 11) is 0. The molecule has 28 heavy (non-hydrogen) atoms. The van der Waals surface area contributed by atoms with Crippen molar-refractivity contribution in [3.63, 3.8) is 0 Å². The number of aromatic nitrogens is 1. The second-order valence-electron chi connectivity index (χ2n) is 7.36. The number of fused-ring (bicyclic) bond motifs is 2. The van der Waals surface area contributed by atoms with Crippen LogP contribution in [0.2, 0.25) is 0 Å². The Morgan fingerprint density at radius 2 is 1.64 bits per heavy atom. The van der Waals surface area contributed by atoms with E-state index >= 15 is 0 Å². The highest BCUT2D eigenvalue weighted by Crippen LogP contribution is 2.31. The number of rotatable bonds is 9. The zero-order chi connectivity index (χ0) is 19.9. The molecule has 1 aliphatic carbocycles. The Hall–Kier alpha value is -2.36. The van der Waals surface area contributed by atoms with E-state index in [1.165, 1.54) is 36.7 Å². The summed E-state index contributed by atoms with van der Waals surface area (Å²) >= 11 is 0. The number of anilines is 1. The molecule has 3 rings (SSSR count). The molecule has 0 atom stereocenters. The lowest BCUT2D eigenvalue weighted by molar-refractivity contribution is 0.596. The van der Waals surface area contributed by atoms with E-state index in [4.69, 9.17) is 9.40 Å². The molecule has 0 N–H and O–H groups in total. The van der Waals surface area contributed by atoms with E-state index in [1.54, 1.807) is 0 Å². The van der Waals surface area contributed by atoms with Gasteiger partial charge in [-0.2, -0.15) is 0 Å². The van der Waals surface area contributed by atoms with Gasteiger partial charge >= 0.3 is 0 Å². The first-order chi connectivity index (χ1) is 13.7. The van der Waals surface area contributed by atoms with Crippen LogP contribution in [0.4, 0.5) is 5.69 Å². The highest BCUT2D eigenvalue weighted by Gasteiger charge is 2.16. The fourth-order valence-electron chi connectivity index (χ4n) is 3.71. The molecule has 0 aromatic heterocycles. The van der Waals surface area contributed by atoms with Gasteiger partial charge in [0.25, 0.3) is 0 Å². The predicted molar refractivity (Wildman–Crippen MR) is 119 cm³/mol. The molecule has 0 saturated carbocycles. The van der Waals surface area contributed by atoms with Gasteiger partial charge in [-0.3, -0.25) is 0 Å². The van der Waals surface area contributed by atoms with Crippen molar-refractivity contribution in [2.24, 2.45) is 0 Å². The molecule has 4 nitrogen and oxygen atoms in total. The molecule has 0 spiro atoms. The van der Waals surface area contributed by atoms with E-state index in [1.807, 2.05) is 0 Å². The minimum atomic E-state index is 0.857. The minimum absolute atomic E-state index is 0.857. The van der Waals surface area contributed by atoms with E-state index in [2.05, 4.69) is 73.6 Å². The first-order valence-corrected chi connectivity index (χ1v) is 10.9. The molecule has 0 unspecified atom stereocenters. The van der Waals surface area contributed by atoms with Crippen LogP contribution >= 0.6 is 0 Å². The van der Waals surface area contributed by atoms with Gasteiger partial charge in [0.2, 0.25) is 5.36 Å². The van der Waals surface area contributed by atoms with E-state index in [9.17, 15) is 0 Å². The van der Waals surface area contributed by atoms with E-state index in [0.29, 0.717) is 0 Å². The number of unbranched alkanes of at least 4 members (excludes halogenated alkanes) is 2. The smallest absolute Gasteiger partial charge is 0.203 e. The Morgan fingerprint density at radius 3 is 2.29 bits per heavy atom. The molecule has 150 valence electrons. The maximum atomic E-state index is 6.47. The van der Waals surface area contributed by atoms with Crippen LogP contribution in [0.3, 0.4) is 0 Å². The molecule has 4 heteroatoms. The summed E-state index contributed by atoms with van der Waals surface area (Å²) in [5, 5.41) is 1.19. The largest absolute Gasteiger partial charge is 0.450 e. The Kier molecular flexibility index (Phi) is 7.07. The van der Waals surface area contributed by atoms with E-state index < -0.39 is 0 Å². The fourth-order valence-corrected chi connectivity index (χ4v) is 3.71. The Morgan fingerprint density at radius 1 is 0.929 bits per heavy atom. The summed E-state index contributed by atoms with van der Waals surface area (Å²) in [5.74, 6) is 0.857. The minimum Gasteiger partial charge on any atom is -0.450 e. The van der Waals surface area contributed by atoms with E-state index in [0.717, 1.165) is 48.7 Å². The van der Waals surface area contributed by atoms with Crippen LogP contribution < -0.4 is 14.8 Å². The van der Waals surface area contributed by atoms with Crippen LogP contribution in [-0.2, 0) is 0 Å². The van der Waals surface area contributed by atoms with Gasteiger partial charge in [-0.1, -0.05) is 32.8 Å². The third-order valence-corrected chi connectivity index (χ3v) is 5.40. The normalized spacial score (nSPS) is 11.3. The summed E-state index contributed by atoms with van der Waals surface area (Å²) in [4.78, 5) is 7.37. The van der Waals surface area contributed by atoms with Gasteiger partial charge in [-0.05, 0) is 44.9 Å². The van der Waals surface area contributed by atoms with Gasteiger partial charge in [0, 0.05) is 19.2 Å². The number of hydrogen-bond acceptors (Lipinski definition) is 3. The molecular formula is C24H34N3O+. The molecule has 1 aromatic rings. The molecule has 1 aliphatic heterocycles. The van der Waals surface area contributed by atoms with Gasteiger partial charge in [0.1, 0.15) is 24.3 Å². The Labute approximate surface area is 168 Å². The number of hydrogen-bond donors (Lipinski definition) is 0. The lowest BCUT2D eigenvalue weighted by atomic mass is 10.1. The molecule has 0 fully saturated rings. The molecular weight excluding hydrogens is 346 g/mol. The zero-order valence-corrected chi connectivity index (χ0v) is 17.9. The SMILES string of the molecule is CCCCN(CCCC)c1cccc2nc3ccc(=[N+](CC)CC)cc-3oc12. The molecule has 2 aliphatic rings. The first kappa shape index (κ1) is 20.4. The summed E-state index contributed by atoms with van der Waals surface area (Å²) in [6, 6.07) is 12.7. The number of benzene rings is 2. The van der Waals surface area contributed by atoms with Crippen molar-refractivity contribution in [2.75, 3.05) is 31.1 Å². The average molecular weight is 381 g/mol. The van der Waals surface area contributed by atoms with Crippen molar-refractivity contribution < 1.29 is 4.42 Å². The van der Waals surface area contributed by atoms with Crippen molar-refractivity contribution in [1.82, 2.24) is 9.56 Å². The van der Waals surface area contributed by atoms with Gasteiger partial charge in [0.15, 0.2) is 11.3 Å². The van der Waals surface area contributed by atoms with Gasteiger partial charge < -0.3 is 9.32 Å². The molecule has 0 radical (unpaired) electrons. The zero-order valence-electron chi connectivity index (χ0n) is 17.9. The van der Waals surface area contributed by atoms with Crippen LogP contribution in [0.1, 0.15) is 53.4 Å². The van der Waals surface area contributed by atoms with Crippen molar-refractivity contribution in [1.29, 1.82) is 0 Å². The van der Waals surface area contributed by atoms with Crippen LogP contribution in [0.15, 0.2) is 40.8 Å². The maximum Gasteiger partial charge on any atom is 0.203 e. The van der Waals surface area contributed by atoms with Crippen molar-refractivity contribution >= 4 is 16.8 Å². The quantitative estimate of drug-likeness (QED) is 0.380. The van der Waals surface area contributed by atoms with Crippen LogP contribution in [0, 0.1) is 0 Å². The standard InChI is InChI=1S/C24H34N3O/c1-5-9-16-27(17-10-6-2)22-13-11-12-21-24(22)28-23-18-19(26(7-3)8-4)14-15-20(23)25-21/h11-15,18H,5-10,16-17H2,1-4H3/q+1. The van der Waals surface area contributed by atoms with E-state index in [-0.39, 0.29) is 0 Å². The Balaban J connectivity index is 2.15. The summed E-state index contributed by atoms with van der Waals surface area (Å²) in [5.41, 5.74) is 3.91. The highest BCUT2D eigenvalue weighted by molar-refractivity contribution is 5.88. The van der Waals surface area contributed by atoms with Gasteiger partial charge in [-0.15, -0.1) is 0 Å². The second kappa shape index (κ2) is 9.72. The van der Waals surface area contributed by atoms with Crippen LogP contribution in [0.5, 0.6) is 0 Å². The van der Waals surface area contributed by atoms with Crippen LogP contribution in [-0.4, -0.2) is 31.2 Å². The monoisotopic (exact) mass is 380 g/mol. The summed E-state index contributed by atoms with van der Waals surface area (Å²) in [6.45, 7) is 12.9. The highest BCUT2D eigenvalue weighted by atomic mass is 16.3. The molecule has 1 aromatic carbocycles. The fraction of sp³-hybridized carbons (Fsp3) is 0.500. The van der Waals surface area contributed by atoms with Crippen molar-refractivity contribution in [2.45, 2.75) is 53.4 Å². The third-order valence-electron chi connectivity index (χ3n) is 5.40. The lowest BCUT2D eigenvalue weighted by Gasteiger charge is -2.25. The first-order valence-electron chi connectivity index (χ1n) is 10.9. The van der Waals surface area contributed by atoms with Gasteiger partial charge in [0.05, 0.1) is 11.8 Å². The molecule has 0 amide bonds. The Bertz CT molecular complexity index is 930. The summed E-state index contributed by atoms with van der Waals surface area (Å²) < 4.78 is 8.80. The summed E-state index contributed by atoms with van der Waals surface area (Å²) in [6.07, 6.45) is 4.76. The van der Waals surface area contributed by atoms with Crippen LogP contribution in [0.25, 0.3) is 22.6 Å². The van der Waals surface area contributed by atoms with Crippen molar-refractivity contribution in [3.8, 4) is 11.5 Å². The second-order valence-corrected chi connectivity index (χ2v) is 7.36. The third kappa shape index (κ3) is 4.37. The predicted octanol–water partition coefficient (Wildman–Crippen LogP) is 5.15. The number of para-hydroxylation sites is 1. The lowest BCUT2D eigenvalue weighted by Crippen LogP contribution is -2.29.